The highest BCUT2D eigenvalue weighted by atomic mass is 19.1. The van der Waals surface area contributed by atoms with Crippen molar-refractivity contribution in [2.45, 2.75) is 33.2 Å². The number of Topliss-reactive ketones (excluding diaryl/α,β-unsaturated/α-hetero) is 1. The van der Waals surface area contributed by atoms with Gasteiger partial charge in [0.05, 0.1) is 17.9 Å². The number of H-pyrrole nitrogens is 1. The normalized spacial score (nSPS) is 11.1. The number of nitrogens with one attached hydrogen (secondary N) is 1. The van der Waals surface area contributed by atoms with Gasteiger partial charge in [0.15, 0.2) is 11.6 Å². The van der Waals surface area contributed by atoms with E-state index >= 15 is 0 Å². The number of benzene rings is 2. The summed E-state index contributed by atoms with van der Waals surface area (Å²) in [6.07, 6.45) is 4.76. The van der Waals surface area contributed by atoms with E-state index in [0.717, 1.165) is 34.5 Å². The minimum atomic E-state index is -0.623. The van der Waals surface area contributed by atoms with Crippen molar-refractivity contribution >= 4 is 5.78 Å². The van der Waals surface area contributed by atoms with Gasteiger partial charge in [-0.1, -0.05) is 49.7 Å². The number of rotatable bonds is 8. The maximum Gasteiger partial charge on any atom is 0.333 e. The zero-order chi connectivity index (χ0) is 25.9. The summed E-state index contributed by atoms with van der Waals surface area (Å²) in [5, 5.41) is 14.1. The Balaban J connectivity index is 1.51. The minimum absolute atomic E-state index is 0.0249. The van der Waals surface area contributed by atoms with Crippen LogP contribution in [0.2, 0.25) is 0 Å². The van der Waals surface area contributed by atoms with Gasteiger partial charge in [0.25, 0.3) is 0 Å². The number of hydrogen-bond acceptors (Lipinski definition) is 6. The predicted octanol–water partition coefficient (Wildman–Crippen LogP) is 4.22. The zero-order valence-corrected chi connectivity index (χ0v) is 20.3. The second-order valence-electron chi connectivity index (χ2n) is 8.65. The van der Waals surface area contributed by atoms with E-state index in [-0.39, 0.29) is 23.6 Å². The van der Waals surface area contributed by atoms with Crippen molar-refractivity contribution < 1.29 is 9.18 Å². The summed E-state index contributed by atoms with van der Waals surface area (Å²) in [5.41, 5.74) is 3.68. The molecule has 0 saturated carbocycles. The number of pyridine rings is 1. The van der Waals surface area contributed by atoms with Crippen molar-refractivity contribution in [1.29, 1.82) is 0 Å². The van der Waals surface area contributed by atoms with Gasteiger partial charge in [0, 0.05) is 34.8 Å². The number of para-hydroxylation sites is 1. The van der Waals surface area contributed by atoms with Crippen LogP contribution < -0.4 is 5.69 Å². The number of aryl methyl sites for hydroxylation is 1. The Hall–Kier alpha value is -4.73. The first kappa shape index (κ1) is 24.0. The number of carbonyl (C=O) groups is 1. The molecular formula is C27H24FN7O2. The maximum absolute atomic E-state index is 14.8. The number of ketones is 1. The van der Waals surface area contributed by atoms with Crippen molar-refractivity contribution in [2.24, 2.45) is 0 Å². The van der Waals surface area contributed by atoms with Crippen LogP contribution in [0.4, 0.5) is 4.39 Å². The molecule has 0 bridgehead atoms. The standard InChI is InChI=1S/C27H24FN7O2/c1-3-7-19-16-35(25-20(17(2)36)10-6-11-23(25)28)27(37)34(19)15-18-12-13-24(29-14-18)21-8-4-5-9-22(21)26-30-32-33-31-26/h4-6,8-14,16H,3,7,15H2,1-2H3,(H,30,31,32,33). The molecule has 0 unspecified atom stereocenters. The summed E-state index contributed by atoms with van der Waals surface area (Å²) >= 11 is 0. The van der Waals surface area contributed by atoms with Crippen molar-refractivity contribution in [3.63, 3.8) is 0 Å². The minimum Gasteiger partial charge on any atom is -0.294 e. The predicted molar refractivity (Wildman–Crippen MR) is 136 cm³/mol. The third-order valence-electron chi connectivity index (χ3n) is 6.14. The van der Waals surface area contributed by atoms with Crippen molar-refractivity contribution in [1.82, 2.24) is 34.7 Å². The monoisotopic (exact) mass is 497 g/mol. The lowest BCUT2D eigenvalue weighted by Crippen LogP contribution is -2.26. The summed E-state index contributed by atoms with van der Waals surface area (Å²) in [5.74, 6) is -0.398. The summed E-state index contributed by atoms with van der Waals surface area (Å²) in [6.45, 7) is 3.62. The number of halogens is 1. The van der Waals surface area contributed by atoms with Gasteiger partial charge in [-0.15, -0.1) is 5.10 Å². The summed E-state index contributed by atoms with van der Waals surface area (Å²) in [7, 11) is 0. The van der Waals surface area contributed by atoms with Gasteiger partial charge in [-0.25, -0.2) is 14.3 Å². The molecule has 5 rings (SSSR count). The van der Waals surface area contributed by atoms with Crippen LogP contribution in [0.5, 0.6) is 0 Å². The lowest BCUT2D eigenvalue weighted by molar-refractivity contribution is 0.101. The Morgan fingerprint density at radius 1 is 1.05 bits per heavy atom. The molecule has 0 amide bonds. The van der Waals surface area contributed by atoms with Crippen LogP contribution in [0, 0.1) is 5.82 Å². The largest absolute Gasteiger partial charge is 0.333 e. The second-order valence-corrected chi connectivity index (χ2v) is 8.65. The summed E-state index contributed by atoms with van der Waals surface area (Å²) in [4.78, 5) is 30.2. The van der Waals surface area contributed by atoms with Gasteiger partial charge in [0.2, 0.25) is 0 Å². The highest BCUT2D eigenvalue weighted by Crippen LogP contribution is 2.28. The lowest BCUT2D eigenvalue weighted by atomic mass is 10.0. The molecule has 0 atom stereocenters. The van der Waals surface area contributed by atoms with Gasteiger partial charge in [-0.3, -0.25) is 18.9 Å². The number of aromatic amines is 1. The molecule has 3 aromatic heterocycles. The van der Waals surface area contributed by atoms with Gasteiger partial charge in [-0.05, 0) is 47.5 Å². The third kappa shape index (κ3) is 4.61. The fourth-order valence-electron chi connectivity index (χ4n) is 4.40. The highest BCUT2D eigenvalue weighted by Gasteiger charge is 2.20. The molecule has 186 valence electrons. The molecular weight excluding hydrogens is 473 g/mol. The number of tetrazole rings is 1. The molecule has 9 nitrogen and oxygen atoms in total. The van der Waals surface area contributed by atoms with Crippen LogP contribution in [0.25, 0.3) is 28.3 Å². The van der Waals surface area contributed by atoms with Crippen molar-refractivity contribution in [2.75, 3.05) is 0 Å². The molecule has 0 spiro atoms. The van der Waals surface area contributed by atoms with Gasteiger partial charge in [0.1, 0.15) is 5.82 Å². The SMILES string of the molecule is CCCc1cn(-c2c(F)cccc2C(C)=O)c(=O)n1Cc1ccc(-c2ccccc2-c2nnn[nH]2)nc1. The Morgan fingerprint density at radius 2 is 1.86 bits per heavy atom. The molecule has 3 heterocycles. The first-order valence-electron chi connectivity index (χ1n) is 11.9. The maximum atomic E-state index is 14.8. The first-order chi connectivity index (χ1) is 18.0. The zero-order valence-electron chi connectivity index (χ0n) is 20.3. The Kier molecular flexibility index (Phi) is 6.55. The highest BCUT2D eigenvalue weighted by molar-refractivity contribution is 5.97. The quantitative estimate of drug-likeness (QED) is 0.321. The van der Waals surface area contributed by atoms with E-state index in [1.165, 1.54) is 29.7 Å². The Labute approximate surface area is 211 Å². The molecule has 0 saturated heterocycles. The van der Waals surface area contributed by atoms with Crippen LogP contribution in [0.1, 0.15) is 41.9 Å². The van der Waals surface area contributed by atoms with Crippen molar-refractivity contribution in [3.05, 3.63) is 100 Å². The summed E-state index contributed by atoms with van der Waals surface area (Å²) < 4.78 is 17.7. The van der Waals surface area contributed by atoms with E-state index in [1.807, 2.05) is 43.3 Å². The second kappa shape index (κ2) is 10.1. The fraction of sp³-hybridized carbons (Fsp3) is 0.185. The van der Waals surface area contributed by atoms with Crippen molar-refractivity contribution in [3.8, 4) is 28.3 Å². The van der Waals surface area contributed by atoms with Crippen LogP contribution in [-0.2, 0) is 13.0 Å². The number of imidazole rings is 1. The van der Waals surface area contributed by atoms with E-state index in [0.29, 0.717) is 12.2 Å². The van der Waals surface area contributed by atoms with E-state index in [9.17, 15) is 14.0 Å². The van der Waals surface area contributed by atoms with E-state index in [4.69, 9.17) is 0 Å². The molecule has 2 aromatic carbocycles. The Morgan fingerprint density at radius 3 is 2.54 bits per heavy atom. The molecule has 0 aliphatic heterocycles. The molecule has 5 aromatic rings. The molecule has 0 radical (unpaired) electrons. The van der Waals surface area contributed by atoms with Gasteiger partial charge < -0.3 is 0 Å². The van der Waals surface area contributed by atoms with Gasteiger partial charge in [-0.2, -0.15) is 0 Å². The smallest absolute Gasteiger partial charge is 0.294 e. The number of carbonyl (C=O) groups excluding carboxylic acids is 1. The average molecular weight is 498 g/mol. The van der Waals surface area contributed by atoms with E-state index < -0.39 is 11.5 Å². The molecule has 0 aliphatic rings. The number of hydrogen-bond donors (Lipinski definition) is 1. The molecule has 1 N–H and O–H groups in total. The third-order valence-corrected chi connectivity index (χ3v) is 6.14. The van der Waals surface area contributed by atoms with Crippen LogP contribution in [0.15, 0.2) is 71.8 Å². The first-order valence-corrected chi connectivity index (χ1v) is 11.9. The van der Waals surface area contributed by atoms with Crippen LogP contribution >= 0.6 is 0 Å². The lowest BCUT2D eigenvalue weighted by Gasteiger charge is -2.10. The molecule has 0 aliphatic carbocycles. The van der Waals surface area contributed by atoms with Crippen LogP contribution in [0.3, 0.4) is 0 Å². The fourth-order valence-corrected chi connectivity index (χ4v) is 4.40. The van der Waals surface area contributed by atoms with Gasteiger partial charge >= 0.3 is 5.69 Å². The van der Waals surface area contributed by atoms with Crippen LogP contribution in [-0.4, -0.2) is 40.5 Å². The number of nitrogens with zero attached hydrogens (tertiary/aromatic N) is 6. The molecule has 37 heavy (non-hydrogen) atoms. The topological polar surface area (TPSA) is 111 Å². The van der Waals surface area contributed by atoms with E-state index in [1.54, 1.807) is 17.0 Å². The molecule has 0 fully saturated rings. The summed E-state index contributed by atoms with van der Waals surface area (Å²) in [6, 6.07) is 15.7. The molecule has 10 heteroatoms. The average Bonchev–Trinajstić information content (AvgIpc) is 3.54. The Bertz CT molecular complexity index is 1620. The van der Waals surface area contributed by atoms with E-state index in [2.05, 4.69) is 25.6 Å². The number of aromatic nitrogens is 7.